The molecule has 0 aliphatic carbocycles. The van der Waals surface area contributed by atoms with Gasteiger partial charge in [-0.1, -0.05) is 13.8 Å². The summed E-state index contributed by atoms with van der Waals surface area (Å²) in [5, 5.41) is 12.3. The van der Waals surface area contributed by atoms with Crippen LogP contribution in [0.3, 0.4) is 0 Å². The van der Waals surface area contributed by atoms with Crippen LogP contribution in [0.15, 0.2) is 0 Å². The van der Waals surface area contributed by atoms with Gasteiger partial charge in [0.2, 0.25) is 5.41 Å². The van der Waals surface area contributed by atoms with E-state index in [1.54, 1.807) is 13.8 Å². The third-order valence-electron chi connectivity index (χ3n) is 6.13. The Morgan fingerprint density at radius 1 is 0.929 bits per heavy atom. The van der Waals surface area contributed by atoms with Gasteiger partial charge in [-0.15, -0.1) is 0 Å². The summed E-state index contributed by atoms with van der Waals surface area (Å²) in [6, 6.07) is 0. The fourth-order valence-corrected chi connectivity index (χ4v) is 4.47. The summed E-state index contributed by atoms with van der Waals surface area (Å²) in [7, 11) is 0. The van der Waals surface area contributed by atoms with Crippen molar-refractivity contribution in [1.29, 1.82) is 0 Å². The molecule has 0 bridgehead atoms. The van der Waals surface area contributed by atoms with Crippen molar-refractivity contribution in [2.75, 3.05) is 26.4 Å². The first-order valence-electron chi connectivity index (χ1n) is 10.2. The van der Waals surface area contributed by atoms with Gasteiger partial charge in [0, 0.05) is 18.4 Å². The van der Waals surface area contributed by atoms with E-state index in [2.05, 4.69) is 0 Å². The Kier molecular flexibility index (Phi) is 6.80. The summed E-state index contributed by atoms with van der Waals surface area (Å²) >= 11 is 0. The molecule has 8 nitrogen and oxygen atoms in total. The molecule has 1 spiro atoms. The van der Waals surface area contributed by atoms with Crippen molar-refractivity contribution < 1.29 is 33.7 Å². The lowest BCUT2D eigenvalue weighted by molar-refractivity contribution is -0.374. The normalized spacial score (nSPS) is 25.2. The van der Waals surface area contributed by atoms with E-state index in [9.17, 15) is 14.8 Å². The number of rotatable bonds is 6. The maximum atomic E-state index is 12.6. The van der Waals surface area contributed by atoms with E-state index in [0.717, 1.165) is 0 Å². The van der Waals surface area contributed by atoms with Crippen molar-refractivity contribution in [2.45, 2.75) is 84.1 Å². The monoisotopic (exact) mass is 401 g/mol. The molecule has 0 aromatic rings. The highest BCUT2D eigenvalue weighted by Crippen LogP contribution is 2.50. The molecule has 2 fully saturated rings. The number of carbonyl (C=O) groups is 2. The first-order valence-corrected chi connectivity index (χ1v) is 10.2. The molecule has 2 aliphatic heterocycles. The zero-order chi connectivity index (χ0) is 21.2. The molecule has 2 saturated heterocycles. The van der Waals surface area contributed by atoms with Crippen molar-refractivity contribution in [1.82, 2.24) is 5.06 Å². The maximum absolute atomic E-state index is 12.6. The lowest BCUT2D eigenvalue weighted by Crippen LogP contribution is -2.70. The fraction of sp³-hybridized carbons (Fsp3) is 0.900. The number of ether oxygens (including phenoxy) is 4. The topological polar surface area (TPSA) is 94.5 Å². The maximum Gasteiger partial charge on any atom is 0.328 e. The minimum Gasteiger partial charge on any atom is -0.465 e. The SMILES string of the molecule is CCOC(=O)C1(C(=O)OCC)COC2(CC(C)(C)N(O)C(CC)(CC)C2)OC1. The number of hydroxylamine groups is 2. The van der Waals surface area contributed by atoms with Crippen LogP contribution in [0, 0.1) is 5.41 Å². The van der Waals surface area contributed by atoms with Crippen molar-refractivity contribution in [3.63, 3.8) is 0 Å². The Balaban J connectivity index is 2.32. The van der Waals surface area contributed by atoms with Gasteiger partial charge in [-0.05, 0) is 40.5 Å². The van der Waals surface area contributed by atoms with E-state index in [4.69, 9.17) is 18.9 Å². The highest BCUT2D eigenvalue weighted by atomic mass is 16.7. The number of piperidine rings is 1. The molecule has 2 heterocycles. The molecule has 0 aromatic heterocycles. The van der Waals surface area contributed by atoms with Crippen LogP contribution < -0.4 is 0 Å². The van der Waals surface area contributed by atoms with Crippen LogP contribution in [0.5, 0.6) is 0 Å². The second-order valence-corrected chi connectivity index (χ2v) is 8.42. The van der Waals surface area contributed by atoms with E-state index in [1.807, 2.05) is 27.7 Å². The highest BCUT2D eigenvalue weighted by molar-refractivity contribution is 6.00. The van der Waals surface area contributed by atoms with Crippen molar-refractivity contribution in [2.24, 2.45) is 5.41 Å². The molecule has 0 saturated carbocycles. The third kappa shape index (κ3) is 3.79. The van der Waals surface area contributed by atoms with Gasteiger partial charge in [0.25, 0.3) is 0 Å². The minimum absolute atomic E-state index is 0.145. The molecule has 2 rings (SSSR count). The molecule has 2 aliphatic rings. The molecule has 28 heavy (non-hydrogen) atoms. The Morgan fingerprint density at radius 2 is 1.39 bits per heavy atom. The summed E-state index contributed by atoms with van der Waals surface area (Å²) in [5.41, 5.74) is -2.74. The van der Waals surface area contributed by atoms with Crippen LogP contribution >= 0.6 is 0 Å². The lowest BCUT2D eigenvalue weighted by Gasteiger charge is -2.59. The van der Waals surface area contributed by atoms with Crippen LogP contribution in [0.25, 0.3) is 0 Å². The molecule has 162 valence electrons. The Morgan fingerprint density at radius 3 is 1.79 bits per heavy atom. The average molecular weight is 402 g/mol. The van der Waals surface area contributed by atoms with Gasteiger partial charge in [0.1, 0.15) is 0 Å². The number of carbonyl (C=O) groups excluding carboxylic acids is 2. The summed E-state index contributed by atoms with van der Waals surface area (Å²) in [5.74, 6) is -2.38. The predicted molar refractivity (Wildman–Crippen MR) is 101 cm³/mol. The van der Waals surface area contributed by atoms with Gasteiger partial charge >= 0.3 is 11.9 Å². The molecule has 0 radical (unpaired) electrons. The fourth-order valence-electron chi connectivity index (χ4n) is 4.47. The minimum atomic E-state index is -1.63. The predicted octanol–water partition coefficient (Wildman–Crippen LogP) is 2.66. The molecule has 0 unspecified atom stereocenters. The molecular weight excluding hydrogens is 366 g/mol. The van der Waals surface area contributed by atoms with Crippen LogP contribution in [-0.4, -0.2) is 65.5 Å². The first-order chi connectivity index (χ1) is 13.1. The Hall–Kier alpha value is -1.22. The number of hydrogen-bond acceptors (Lipinski definition) is 8. The molecular formula is C20H35NO7. The zero-order valence-corrected chi connectivity index (χ0v) is 18.0. The Labute approximate surface area is 167 Å². The van der Waals surface area contributed by atoms with Crippen molar-refractivity contribution in [3.05, 3.63) is 0 Å². The second-order valence-electron chi connectivity index (χ2n) is 8.42. The van der Waals surface area contributed by atoms with E-state index in [0.29, 0.717) is 25.7 Å². The summed E-state index contributed by atoms with van der Waals surface area (Å²) in [6.45, 7) is 11.2. The van der Waals surface area contributed by atoms with E-state index < -0.39 is 34.2 Å². The number of nitrogens with zero attached hydrogens (tertiary/aromatic N) is 1. The third-order valence-corrected chi connectivity index (χ3v) is 6.13. The molecule has 0 atom stereocenters. The van der Waals surface area contributed by atoms with Gasteiger partial charge < -0.3 is 24.2 Å². The summed E-state index contributed by atoms with van der Waals surface area (Å²) in [6.07, 6.45) is 2.26. The van der Waals surface area contributed by atoms with Crippen LogP contribution in [0.4, 0.5) is 0 Å². The summed E-state index contributed by atoms with van der Waals surface area (Å²) < 4.78 is 22.5. The van der Waals surface area contributed by atoms with Gasteiger partial charge in [-0.25, -0.2) is 0 Å². The molecule has 0 amide bonds. The lowest BCUT2D eigenvalue weighted by atomic mass is 9.72. The number of esters is 2. The summed E-state index contributed by atoms with van der Waals surface area (Å²) in [4.78, 5) is 25.2. The van der Waals surface area contributed by atoms with Gasteiger partial charge in [-0.3, -0.25) is 9.59 Å². The van der Waals surface area contributed by atoms with Gasteiger partial charge in [-0.2, -0.15) is 5.06 Å². The average Bonchev–Trinajstić information content (AvgIpc) is 2.66. The van der Waals surface area contributed by atoms with E-state index in [1.165, 1.54) is 5.06 Å². The largest absolute Gasteiger partial charge is 0.465 e. The molecule has 0 aromatic carbocycles. The second kappa shape index (κ2) is 8.26. The van der Waals surface area contributed by atoms with Gasteiger partial charge in [0.05, 0.1) is 32.0 Å². The quantitative estimate of drug-likeness (QED) is 0.536. The standard InChI is InChI=1S/C20H35NO7/c1-7-18(8-2)12-20(11-17(5,6)21(18)24)27-13-19(14-28-20,15(22)25-9-3)16(23)26-10-4/h24H,7-14H2,1-6H3. The van der Waals surface area contributed by atoms with Crippen LogP contribution in [0.1, 0.15) is 67.2 Å². The van der Waals surface area contributed by atoms with Gasteiger partial charge in [0.15, 0.2) is 5.79 Å². The highest BCUT2D eigenvalue weighted by Gasteiger charge is 2.62. The number of hydrogen-bond donors (Lipinski definition) is 1. The smallest absolute Gasteiger partial charge is 0.328 e. The zero-order valence-electron chi connectivity index (χ0n) is 18.0. The van der Waals surface area contributed by atoms with E-state index in [-0.39, 0.29) is 26.4 Å². The van der Waals surface area contributed by atoms with E-state index >= 15 is 0 Å². The Bertz CT molecular complexity index is 557. The molecule has 8 heteroatoms. The van der Waals surface area contributed by atoms with Crippen LogP contribution in [-0.2, 0) is 28.5 Å². The van der Waals surface area contributed by atoms with Crippen molar-refractivity contribution >= 4 is 11.9 Å². The van der Waals surface area contributed by atoms with Crippen LogP contribution in [0.2, 0.25) is 0 Å². The first kappa shape index (κ1) is 23.1. The van der Waals surface area contributed by atoms with Crippen molar-refractivity contribution in [3.8, 4) is 0 Å². The molecule has 1 N–H and O–H groups in total.